The Balaban J connectivity index is 1.61. The van der Waals surface area contributed by atoms with Crippen LogP contribution in [0.4, 0.5) is 0 Å². The highest BCUT2D eigenvalue weighted by atomic mass is 16.4. The van der Waals surface area contributed by atoms with Gasteiger partial charge in [-0.15, -0.1) is 0 Å². The van der Waals surface area contributed by atoms with Crippen LogP contribution in [0, 0.1) is 17.8 Å². The summed E-state index contributed by atoms with van der Waals surface area (Å²) in [7, 11) is 0. The van der Waals surface area contributed by atoms with Crippen molar-refractivity contribution in [2.24, 2.45) is 17.8 Å². The highest BCUT2D eigenvalue weighted by Crippen LogP contribution is 2.44. The summed E-state index contributed by atoms with van der Waals surface area (Å²) < 4.78 is 4.99. The van der Waals surface area contributed by atoms with Crippen LogP contribution in [0.1, 0.15) is 30.3 Å². The van der Waals surface area contributed by atoms with Crippen LogP contribution in [0.3, 0.4) is 0 Å². The van der Waals surface area contributed by atoms with E-state index in [-0.39, 0.29) is 24.1 Å². The number of hydrogen-bond acceptors (Lipinski definition) is 4. The van der Waals surface area contributed by atoms with Crippen LogP contribution in [0.2, 0.25) is 0 Å². The summed E-state index contributed by atoms with van der Waals surface area (Å²) >= 11 is 0. The number of furan rings is 1. The molecule has 0 aromatic carbocycles. The number of carboxylic acids is 1. The number of amides is 2. The number of hydrogen-bond donors (Lipinski definition) is 2. The molecule has 1 saturated heterocycles. The average Bonchev–Trinajstić information content (AvgIpc) is 3.05. The molecule has 1 unspecified atom stereocenters. The molecule has 23 heavy (non-hydrogen) atoms. The number of carbonyl (C=O) groups excluding carboxylic acids is 2. The third-order valence-corrected chi connectivity index (χ3v) is 4.68. The molecule has 7 nitrogen and oxygen atoms in total. The van der Waals surface area contributed by atoms with E-state index in [4.69, 9.17) is 4.42 Å². The molecule has 3 rings (SSSR count). The van der Waals surface area contributed by atoms with Crippen LogP contribution in [-0.4, -0.2) is 46.9 Å². The van der Waals surface area contributed by atoms with Gasteiger partial charge < -0.3 is 19.7 Å². The van der Waals surface area contributed by atoms with Crippen LogP contribution in [-0.2, 0) is 9.59 Å². The maximum atomic E-state index is 12.5. The van der Waals surface area contributed by atoms with Crippen LogP contribution in [0.15, 0.2) is 22.8 Å². The van der Waals surface area contributed by atoms with E-state index < -0.39 is 23.8 Å². The zero-order chi connectivity index (χ0) is 16.6. The number of likely N-dealkylation sites (tertiary alicyclic amines) is 1. The topological polar surface area (TPSA) is 99.9 Å². The van der Waals surface area contributed by atoms with Crippen molar-refractivity contribution in [3.63, 3.8) is 0 Å². The van der Waals surface area contributed by atoms with E-state index in [1.165, 1.54) is 12.3 Å². The van der Waals surface area contributed by atoms with Crippen molar-refractivity contribution in [3.8, 4) is 0 Å². The lowest BCUT2D eigenvalue weighted by Crippen LogP contribution is -2.46. The maximum Gasteiger partial charge on any atom is 0.308 e. The van der Waals surface area contributed by atoms with Gasteiger partial charge in [0, 0.05) is 13.1 Å². The quantitative estimate of drug-likeness (QED) is 0.842. The van der Waals surface area contributed by atoms with Gasteiger partial charge in [0.2, 0.25) is 5.91 Å². The predicted molar refractivity (Wildman–Crippen MR) is 79.6 cm³/mol. The van der Waals surface area contributed by atoms with E-state index in [0.29, 0.717) is 12.5 Å². The van der Waals surface area contributed by atoms with Gasteiger partial charge >= 0.3 is 5.97 Å². The Hall–Kier alpha value is -2.31. The standard InChI is InChI=1S/C16H20N2O5/c1-9(17-14(19)13-3-2-6-23-13)15(20)18-7-11(10-4-5-10)12(8-18)16(21)22/h2-3,6,9-12H,4-5,7-8H2,1H3,(H,17,19)(H,21,22)/t9?,11-,12+/m1/s1. The molecule has 0 radical (unpaired) electrons. The molecule has 2 fully saturated rings. The van der Waals surface area contributed by atoms with Gasteiger partial charge in [-0.25, -0.2) is 0 Å². The fourth-order valence-electron chi connectivity index (χ4n) is 3.28. The van der Waals surface area contributed by atoms with Gasteiger partial charge in [0.05, 0.1) is 12.2 Å². The largest absolute Gasteiger partial charge is 0.481 e. The molecule has 3 atom stereocenters. The molecule has 7 heteroatoms. The highest BCUT2D eigenvalue weighted by molar-refractivity contribution is 5.95. The zero-order valence-electron chi connectivity index (χ0n) is 12.9. The summed E-state index contributed by atoms with van der Waals surface area (Å²) in [6.07, 6.45) is 3.47. The molecule has 1 aliphatic carbocycles. The van der Waals surface area contributed by atoms with Crippen LogP contribution < -0.4 is 5.32 Å². The van der Waals surface area contributed by atoms with Crippen molar-refractivity contribution in [2.75, 3.05) is 13.1 Å². The van der Waals surface area contributed by atoms with Crippen LogP contribution >= 0.6 is 0 Å². The lowest BCUT2D eigenvalue weighted by Gasteiger charge is -2.21. The Bertz CT molecular complexity index is 608. The number of nitrogens with one attached hydrogen (secondary N) is 1. The van der Waals surface area contributed by atoms with E-state index in [0.717, 1.165) is 12.8 Å². The normalized spacial score (nSPS) is 25.2. The second kappa shape index (κ2) is 6.06. The number of aliphatic carboxylic acids is 1. The van der Waals surface area contributed by atoms with Crippen molar-refractivity contribution >= 4 is 17.8 Å². The summed E-state index contributed by atoms with van der Waals surface area (Å²) in [6, 6.07) is 2.39. The number of nitrogens with zero attached hydrogens (tertiary/aromatic N) is 1. The number of carbonyl (C=O) groups is 3. The Morgan fingerprint density at radius 1 is 1.35 bits per heavy atom. The Morgan fingerprint density at radius 3 is 2.65 bits per heavy atom. The summed E-state index contributed by atoms with van der Waals surface area (Å²) in [6.45, 7) is 2.28. The fraction of sp³-hybridized carbons (Fsp3) is 0.562. The molecular weight excluding hydrogens is 300 g/mol. The van der Waals surface area contributed by atoms with Gasteiger partial charge in [-0.3, -0.25) is 14.4 Å². The van der Waals surface area contributed by atoms with Gasteiger partial charge in [-0.05, 0) is 43.7 Å². The fourth-order valence-corrected chi connectivity index (χ4v) is 3.28. The first-order valence-electron chi connectivity index (χ1n) is 7.83. The molecule has 2 heterocycles. The molecule has 1 aliphatic heterocycles. The van der Waals surface area contributed by atoms with E-state index in [9.17, 15) is 19.5 Å². The van der Waals surface area contributed by atoms with Gasteiger partial charge in [0.15, 0.2) is 5.76 Å². The van der Waals surface area contributed by atoms with Crippen molar-refractivity contribution < 1.29 is 23.9 Å². The molecule has 124 valence electrons. The first-order chi connectivity index (χ1) is 11.0. The molecular formula is C16H20N2O5. The smallest absolute Gasteiger partial charge is 0.308 e. The minimum Gasteiger partial charge on any atom is -0.481 e. The Labute approximate surface area is 133 Å². The first-order valence-corrected chi connectivity index (χ1v) is 7.83. The van der Waals surface area contributed by atoms with E-state index in [1.54, 1.807) is 17.9 Å². The van der Waals surface area contributed by atoms with Gasteiger partial charge in [-0.2, -0.15) is 0 Å². The van der Waals surface area contributed by atoms with Crippen molar-refractivity contribution in [1.82, 2.24) is 10.2 Å². The summed E-state index contributed by atoms with van der Waals surface area (Å²) in [5.74, 6) is -1.46. The predicted octanol–water partition coefficient (Wildman–Crippen LogP) is 0.967. The third-order valence-electron chi connectivity index (χ3n) is 4.68. The van der Waals surface area contributed by atoms with Gasteiger partial charge in [0.1, 0.15) is 6.04 Å². The maximum absolute atomic E-state index is 12.5. The number of carboxylic acid groups (broad SMARTS) is 1. The van der Waals surface area contributed by atoms with Crippen molar-refractivity contribution in [3.05, 3.63) is 24.2 Å². The molecule has 1 aromatic heterocycles. The molecule has 2 amide bonds. The minimum absolute atomic E-state index is 0.0319. The molecule has 1 aromatic rings. The van der Waals surface area contributed by atoms with Crippen LogP contribution in [0.5, 0.6) is 0 Å². The van der Waals surface area contributed by atoms with Crippen LogP contribution in [0.25, 0.3) is 0 Å². The number of rotatable bonds is 5. The molecule has 2 N–H and O–H groups in total. The summed E-state index contributed by atoms with van der Waals surface area (Å²) in [5, 5.41) is 11.9. The lowest BCUT2D eigenvalue weighted by atomic mass is 9.92. The first kappa shape index (κ1) is 15.6. The third kappa shape index (κ3) is 3.23. The molecule has 0 bridgehead atoms. The molecule has 0 spiro atoms. The van der Waals surface area contributed by atoms with Crippen molar-refractivity contribution in [1.29, 1.82) is 0 Å². The van der Waals surface area contributed by atoms with E-state index in [2.05, 4.69) is 5.32 Å². The zero-order valence-corrected chi connectivity index (χ0v) is 12.9. The lowest BCUT2D eigenvalue weighted by molar-refractivity contribution is -0.142. The molecule has 1 saturated carbocycles. The highest BCUT2D eigenvalue weighted by Gasteiger charge is 2.47. The van der Waals surface area contributed by atoms with Gasteiger partial charge in [0.25, 0.3) is 5.91 Å². The monoisotopic (exact) mass is 320 g/mol. The van der Waals surface area contributed by atoms with Crippen molar-refractivity contribution in [2.45, 2.75) is 25.8 Å². The van der Waals surface area contributed by atoms with E-state index >= 15 is 0 Å². The minimum atomic E-state index is -0.843. The Morgan fingerprint density at radius 2 is 2.09 bits per heavy atom. The second-order valence-electron chi connectivity index (χ2n) is 6.36. The average molecular weight is 320 g/mol. The SMILES string of the molecule is CC(NC(=O)c1ccco1)C(=O)N1C[C@H](C(=O)O)[C@@H](C2CC2)C1. The summed E-state index contributed by atoms with van der Waals surface area (Å²) in [4.78, 5) is 37.4. The summed E-state index contributed by atoms with van der Waals surface area (Å²) in [5.41, 5.74) is 0. The second-order valence-corrected chi connectivity index (χ2v) is 6.36. The Kier molecular flexibility index (Phi) is 4.11. The molecule has 2 aliphatic rings. The van der Waals surface area contributed by atoms with E-state index in [1.807, 2.05) is 0 Å². The van der Waals surface area contributed by atoms with Gasteiger partial charge in [-0.1, -0.05) is 0 Å².